The van der Waals surface area contributed by atoms with Crippen LogP contribution in [0.1, 0.15) is 51.3 Å². The molecular weight excluding hydrogens is 941 g/mol. The average Bonchev–Trinajstić information content (AvgIpc) is 2.32. The number of nitrogens with zero attached hydrogens (tertiary/aromatic N) is 7. The number of halogens is 2. The van der Waals surface area contributed by atoms with Gasteiger partial charge in [0.1, 0.15) is 17.7 Å². The summed E-state index contributed by atoms with van der Waals surface area (Å²) >= 11 is 0. The van der Waals surface area contributed by atoms with Gasteiger partial charge in [0, 0.05) is 45.0 Å². The van der Waals surface area contributed by atoms with Gasteiger partial charge in [-0.1, -0.05) is 168 Å². The van der Waals surface area contributed by atoms with E-state index in [0.717, 1.165) is 44.6 Å². The Morgan fingerprint density at radius 3 is 1.51 bits per heavy atom. The Bertz CT molecular complexity index is 4640. The summed E-state index contributed by atoms with van der Waals surface area (Å²) in [5.41, 5.74) is 10.8. The summed E-state index contributed by atoms with van der Waals surface area (Å²) in [5.74, 6) is -2.42. The molecule has 0 radical (unpaired) electrons. The first-order valence-electron chi connectivity index (χ1n) is 28.3. The number of hydrogen-bond donors (Lipinski definition) is 0. The Kier molecular flexibility index (Phi) is 9.99. The fourth-order valence-corrected chi connectivity index (χ4v) is 10.3. The van der Waals surface area contributed by atoms with Crippen molar-refractivity contribution in [3.8, 4) is 56.9 Å². The number of pyridine rings is 1. The molecule has 0 atom stereocenters. The Labute approximate surface area is 451 Å². The molecule has 0 saturated heterocycles. The summed E-state index contributed by atoms with van der Waals surface area (Å²) in [6.45, 7) is 8.83. The van der Waals surface area contributed by atoms with E-state index in [9.17, 15) is 14.0 Å². The highest BCUT2D eigenvalue weighted by Gasteiger charge is 2.27. The van der Waals surface area contributed by atoms with Crippen LogP contribution in [0.2, 0.25) is 0 Å². The zero-order chi connectivity index (χ0) is 60.1. The van der Waals surface area contributed by atoms with Crippen molar-refractivity contribution in [1.82, 2.24) is 14.1 Å². The molecule has 360 valence electrons. The second-order valence-corrected chi connectivity index (χ2v) is 17.9. The zero-order valence-electron chi connectivity index (χ0n) is 49.1. The van der Waals surface area contributed by atoms with Gasteiger partial charge in [-0.25, -0.2) is 14.7 Å². The quantitative estimate of drug-likeness (QED) is 0.130. The molecule has 76 heavy (non-hydrogen) atoms. The van der Waals surface area contributed by atoms with Crippen molar-refractivity contribution in [2.75, 3.05) is 0 Å². The molecule has 0 amide bonds. The lowest BCUT2D eigenvalue weighted by atomic mass is 9.95. The van der Waals surface area contributed by atoms with Gasteiger partial charge >= 0.3 is 0 Å². The summed E-state index contributed by atoms with van der Waals surface area (Å²) in [5, 5.41) is 23.0. The van der Waals surface area contributed by atoms with E-state index in [1.165, 1.54) is 16.7 Å². The number of rotatable bonds is 4. The first-order valence-corrected chi connectivity index (χ1v) is 23.8. The lowest BCUT2D eigenvalue weighted by Crippen LogP contribution is -2.04. The lowest BCUT2D eigenvalue weighted by Gasteiger charge is -2.20. The highest BCUT2D eigenvalue weighted by atomic mass is 19.1. The maximum absolute atomic E-state index is 13.4. The van der Waals surface area contributed by atoms with Gasteiger partial charge in [0.05, 0.1) is 52.1 Å². The normalized spacial score (nSPS) is 13.4. The third kappa shape index (κ3) is 8.26. The predicted octanol–water partition coefficient (Wildman–Crippen LogP) is 17.6. The topological polar surface area (TPSA) is 79.0 Å². The summed E-state index contributed by atoms with van der Waals surface area (Å²) in [6.07, 6.45) is 0.910. The first-order chi connectivity index (χ1) is 40.7. The van der Waals surface area contributed by atoms with Gasteiger partial charge in [-0.2, -0.15) is 19.3 Å². The summed E-state index contributed by atoms with van der Waals surface area (Å²) in [6, 6.07) is 62.6. The Hall–Kier alpha value is -10.5. The van der Waals surface area contributed by atoms with Crippen LogP contribution in [-0.2, 0) is 6.42 Å². The van der Waals surface area contributed by atoms with Crippen molar-refractivity contribution in [3.63, 3.8) is 0 Å². The fraction of sp³-hybridized carbons (Fsp3) is 0.0597. The number of aromatic nitrogens is 3. The second kappa shape index (κ2) is 19.9. The maximum atomic E-state index is 13.4. The molecule has 1 aliphatic carbocycles. The molecule has 0 fully saturated rings. The van der Waals surface area contributed by atoms with Crippen molar-refractivity contribution in [2.45, 2.75) is 27.0 Å². The van der Waals surface area contributed by atoms with Crippen LogP contribution in [0.4, 0.5) is 20.2 Å². The Morgan fingerprint density at radius 2 is 0.947 bits per heavy atom. The van der Waals surface area contributed by atoms with Crippen LogP contribution in [0.3, 0.4) is 0 Å². The maximum Gasteiger partial charge on any atom is 0.249 e. The van der Waals surface area contributed by atoms with Crippen molar-refractivity contribution in [2.24, 2.45) is 0 Å². The van der Waals surface area contributed by atoms with E-state index in [0.29, 0.717) is 50.2 Å². The lowest BCUT2D eigenvalue weighted by molar-refractivity contribution is 0.515. The molecule has 0 bridgehead atoms. The molecule has 0 spiro atoms. The highest BCUT2D eigenvalue weighted by Crippen LogP contribution is 2.47. The van der Waals surface area contributed by atoms with Crippen LogP contribution in [0.25, 0.3) is 98.1 Å². The standard InChI is InChI=1S/C40H26N4.C14H12.C13H5F2N3/c1-25-17-19-35-30(21-25)28-13-7-9-15-33(28)43(35)37-23-38(40(42-3)39(32(37)24-41)27-11-5-4-6-12-27)44-34-16-10-8-14-29(34)31-22-26(2)18-20-36(31)44;1-10-6-7-12-9-11-4-2-3-5-13(11)14(12)8-10;1-17-11-10(8-5-3-2-4-6-8)9(7-16)12(14)18-13(11)15/h4-23H,1-2H3;2-8H,9H2,1H3;2-6H/i1D3,2D3;1D3;. The Morgan fingerprint density at radius 1 is 0.474 bits per heavy atom. The molecule has 7 nitrogen and oxygen atoms in total. The third-order valence-corrected chi connectivity index (χ3v) is 13.5. The van der Waals surface area contributed by atoms with E-state index in [1.807, 2.05) is 118 Å². The molecule has 0 aliphatic heterocycles. The fourth-order valence-electron chi connectivity index (χ4n) is 10.3. The number of fused-ring (bicyclic) bond motifs is 9. The summed E-state index contributed by atoms with van der Waals surface area (Å²) in [7, 11) is 0. The second-order valence-electron chi connectivity index (χ2n) is 17.9. The zero-order valence-corrected chi connectivity index (χ0v) is 40.1. The summed E-state index contributed by atoms with van der Waals surface area (Å²) in [4.78, 5) is 10.0. The van der Waals surface area contributed by atoms with Crippen LogP contribution in [0.5, 0.6) is 0 Å². The van der Waals surface area contributed by atoms with E-state index in [2.05, 4.69) is 32.9 Å². The highest BCUT2D eigenvalue weighted by molar-refractivity contribution is 6.12. The molecule has 0 N–H and O–H groups in total. The molecule has 12 aromatic rings. The van der Waals surface area contributed by atoms with Crippen LogP contribution in [-0.4, -0.2) is 14.1 Å². The predicted molar refractivity (Wildman–Crippen MR) is 301 cm³/mol. The molecule has 9 aromatic carbocycles. The van der Waals surface area contributed by atoms with Gasteiger partial charge in [0.2, 0.25) is 23.3 Å². The van der Waals surface area contributed by atoms with Crippen LogP contribution < -0.4 is 0 Å². The monoisotopic (exact) mass is 992 g/mol. The van der Waals surface area contributed by atoms with Gasteiger partial charge in [-0.05, 0) is 103 Å². The number of hydrogen-bond acceptors (Lipinski definition) is 3. The largest absolute Gasteiger partial charge is 0.319 e. The molecule has 0 saturated carbocycles. The van der Waals surface area contributed by atoms with Crippen LogP contribution in [0, 0.1) is 68.3 Å². The van der Waals surface area contributed by atoms with E-state index in [4.69, 9.17) is 30.7 Å². The van der Waals surface area contributed by atoms with Crippen molar-refractivity contribution in [1.29, 1.82) is 10.5 Å². The van der Waals surface area contributed by atoms with Crippen LogP contribution in [0.15, 0.2) is 194 Å². The first kappa shape index (κ1) is 38.2. The van der Waals surface area contributed by atoms with Gasteiger partial charge in [-0.3, -0.25) is 0 Å². The SMILES string of the molecule is [2H]C([2H])([2H])c1ccc2c(c1)-c1ccccc1C2.[2H]C([2H])([2H])c1ccc2c(c1)c1ccccc1n2-c1cc(-n2c3ccccc3c3cc(C([2H])([2H])[2H])ccc32)c([N+]#[C-])c(-c2ccccc2)c1C#N.[C-]#[N+]c1c(F)nc(F)c(C#N)c1-c1ccccc1. The van der Waals surface area contributed by atoms with Gasteiger partial charge in [-0.15, -0.1) is 0 Å². The molecule has 3 heterocycles. The smallest absolute Gasteiger partial charge is 0.249 e. The van der Waals surface area contributed by atoms with E-state index in [1.54, 1.807) is 78.9 Å². The van der Waals surface area contributed by atoms with E-state index >= 15 is 0 Å². The molecule has 1 aliphatic rings. The molecule has 0 unspecified atom stereocenters. The molecule has 3 aromatic heterocycles. The summed E-state index contributed by atoms with van der Waals surface area (Å²) < 4.78 is 102. The third-order valence-electron chi connectivity index (χ3n) is 13.5. The number of benzene rings is 9. The molecule has 13 rings (SSSR count). The van der Waals surface area contributed by atoms with Gasteiger partial charge in [0.25, 0.3) is 0 Å². The molecule has 9 heteroatoms. The Balaban J connectivity index is 0.000000173. The van der Waals surface area contributed by atoms with E-state index in [-0.39, 0.29) is 22.4 Å². The van der Waals surface area contributed by atoms with Crippen molar-refractivity contribution < 1.29 is 21.1 Å². The average molecular weight is 993 g/mol. The minimum atomic E-state index is -2.31. The van der Waals surface area contributed by atoms with Gasteiger partial charge in [0.15, 0.2) is 0 Å². The minimum Gasteiger partial charge on any atom is -0.319 e. The van der Waals surface area contributed by atoms with Gasteiger partial charge < -0.3 is 9.13 Å². The van der Waals surface area contributed by atoms with Crippen molar-refractivity contribution in [3.05, 3.63) is 268 Å². The number of nitriles is 2. The minimum absolute atomic E-state index is 0.0573. The van der Waals surface area contributed by atoms with Crippen LogP contribution >= 0.6 is 0 Å². The number of para-hydroxylation sites is 2. The van der Waals surface area contributed by atoms with E-state index < -0.39 is 43.7 Å². The molecular formula is C67H43F2N7. The number of aryl methyl sites for hydroxylation is 3. The van der Waals surface area contributed by atoms with Crippen molar-refractivity contribution >= 4 is 55.0 Å².